The minimum atomic E-state index is -0.759. The second-order valence-corrected chi connectivity index (χ2v) is 5.69. The number of carbonyl (C=O) groups is 2. The third kappa shape index (κ3) is 3.97. The molecule has 1 fully saturated rings. The van der Waals surface area contributed by atoms with Crippen molar-refractivity contribution in [1.82, 2.24) is 10.2 Å². The van der Waals surface area contributed by atoms with Crippen LogP contribution in [0.5, 0.6) is 0 Å². The first kappa shape index (κ1) is 15.4. The zero-order valence-corrected chi connectivity index (χ0v) is 12.6. The maximum atomic E-state index is 12.1. The van der Waals surface area contributed by atoms with Crippen LogP contribution >= 0.6 is 0 Å². The zero-order chi connectivity index (χ0) is 15.4. The van der Waals surface area contributed by atoms with Crippen molar-refractivity contribution in [2.45, 2.75) is 33.2 Å². The highest BCUT2D eigenvalue weighted by Gasteiger charge is 2.26. The normalized spacial score (nSPS) is 15.8. The number of urea groups is 1. The molecule has 21 heavy (non-hydrogen) atoms. The summed E-state index contributed by atoms with van der Waals surface area (Å²) in [5.74, 6) is -1.07. The van der Waals surface area contributed by atoms with Crippen LogP contribution in [-0.4, -0.2) is 35.1 Å². The summed E-state index contributed by atoms with van der Waals surface area (Å²) in [7, 11) is 0. The molecule has 5 heteroatoms. The number of carboxylic acid groups (broad SMARTS) is 1. The highest BCUT2D eigenvalue weighted by atomic mass is 16.4. The Bertz CT molecular complexity index is 534. The summed E-state index contributed by atoms with van der Waals surface area (Å²) in [6.45, 7) is 5.60. The minimum absolute atomic E-state index is 0.112. The van der Waals surface area contributed by atoms with E-state index in [9.17, 15) is 9.59 Å². The van der Waals surface area contributed by atoms with Crippen molar-refractivity contribution in [3.63, 3.8) is 0 Å². The second-order valence-electron chi connectivity index (χ2n) is 5.69. The fourth-order valence-electron chi connectivity index (χ4n) is 2.66. The van der Waals surface area contributed by atoms with Gasteiger partial charge in [0.25, 0.3) is 0 Å². The lowest BCUT2D eigenvalue weighted by atomic mass is 9.97. The van der Waals surface area contributed by atoms with Gasteiger partial charge in [-0.1, -0.05) is 23.8 Å². The van der Waals surface area contributed by atoms with Gasteiger partial charge in [-0.25, -0.2) is 4.79 Å². The molecule has 1 aromatic rings. The Morgan fingerprint density at radius 3 is 2.52 bits per heavy atom. The van der Waals surface area contributed by atoms with Gasteiger partial charge in [-0.3, -0.25) is 4.79 Å². The van der Waals surface area contributed by atoms with Gasteiger partial charge >= 0.3 is 12.0 Å². The number of hydrogen-bond acceptors (Lipinski definition) is 2. The van der Waals surface area contributed by atoms with E-state index in [2.05, 4.69) is 11.4 Å². The average Bonchev–Trinajstić information content (AvgIpc) is 2.46. The largest absolute Gasteiger partial charge is 0.481 e. The highest BCUT2D eigenvalue weighted by Crippen LogP contribution is 2.17. The van der Waals surface area contributed by atoms with Crippen LogP contribution < -0.4 is 5.32 Å². The van der Waals surface area contributed by atoms with Crippen molar-refractivity contribution in [2.24, 2.45) is 5.92 Å². The summed E-state index contributed by atoms with van der Waals surface area (Å²) < 4.78 is 0. The van der Waals surface area contributed by atoms with Crippen LogP contribution in [0.25, 0.3) is 0 Å². The maximum Gasteiger partial charge on any atom is 0.317 e. The number of carboxylic acids is 1. The number of aliphatic carboxylic acids is 1. The minimum Gasteiger partial charge on any atom is -0.481 e. The molecule has 0 unspecified atom stereocenters. The van der Waals surface area contributed by atoms with E-state index in [0.717, 1.165) is 5.56 Å². The average molecular weight is 290 g/mol. The van der Waals surface area contributed by atoms with Crippen molar-refractivity contribution in [3.8, 4) is 0 Å². The monoisotopic (exact) mass is 290 g/mol. The van der Waals surface area contributed by atoms with Gasteiger partial charge in [0.1, 0.15) is 0 Å². The van der Waals surface area contributed by atoms with Crippen LogP contribution in [0.2, 0.25) is 0 Å². The Labute approximate surface area is 125 Å². The highest BCUT2D eigenvalue weighted by molar-refractivity contribution is 5.75. The summed E-state index contributed by atoms with van der Waals surface area (Å²) in [6.07, 6.45) is 1.07. The zero-order valence-electron chi connectivity index (χ0n) is 12.6. The molecule has 114 valence electrons. The van der Waals surface area contributed by atoms with E-state index in [1.165, 1.54) is 11.1 Å². The van der Waals surface area contributed by atoms with Gasteiger partial charge in [-0.2, -0.15) is 0 Å². The molecule has 0 atom stereocenters. The number of nitrogens with zero attached hydrogens (tertiary/aromatic N) is 1. The Morgan fingerprint density at radius 2 is 1.95 bits per heavy atom. The lowest BCUT2D eigenvalue weighted by Gasteiger charge is -2.30. The first-order valence-electron chi connectivity index (χ1n) is 7.29. The topological polar surface area (TPSA) is 69.6 Å². The number of aryl methyl sites for hydroxylation is 2. The molecule has 0 saturated carbocycles. The number of likely N-dealkylation sites (tertiary alicyclic amines) is 1. The van der Waals surface area contributed by atoms with Gasteiger partial charge in [0.05, 0.1) is 5.92 Å². The van der Waals surface area contributed by atoms with Gasteiger partial charge in [0, 0.05) is 19.6 Å². The molecule has 1 saturated heterocycles. The molecule has 1 aromatic carbocycles. The van der Waals surface area contributed by atoms with Crippen molar-refractivity contribution >= 4 is 12.0 Å². The van der Waals surface area contributed by atoms with Crippen LogP contribution in [0.3, 0.4) is 0 Å². The fourth-order valence-corrected chi connectivity index (χ4v) is 2.66. The molecule has 2 rings (SSSR count). The van der Waals surface area contributed by atoms with E-state index in [1.54, 1.807) is 4.90 Å². The van der Waals surface area contributed by atoms with E-state index < -0.39 is 5.97 Å². The van der Waals surface area contributed by atoms with Crippen LogP contribution in [0.1, 0.15) is 29.5 Å². The fraction of sp³-hybridized carbons (Fsp3) is 0.500. The molecule has 5 nitrogen and oxygen atoms in total. The van der Waals surface area contributed by atoms with Crippen LogP contribution in [0.4, 0.5) is 4.79 Å². The molecule has 0 radical (unpaired) electrons. The Kier molecular flexibility index (Phi) is 4.83. The van der Waals surface area contributed by atoms with Crippen molar-refractivity contribution in [2.75, 3.05) is 13.1 Å². The van der Waals surface area contributed by atoms with Gasteiger partial charge in [0.15, 0.2) is 0 Å². The van der Waals surface area contributed by atoms with E-state index in [0.29, 0.717) is 32.5 Å². The molecule has 2 amide bonds. The maximum absolute atomic E-state index is 12.1. The number of hydrogen-bond donors (Lipinski definition) is 2. The molecule has 1 aliphatic heterocycles. The summed E-state index contributed by atoms with van der Waals surface area (Å²) in [5, 5.41) is 11.9. The lowest BCUT2D eigenvalue weighted by Crippen LogP contribution is -2.45. The van der Waals surface area contributed by atoms with Gasteiger partial charge < -0.3 is 15.3 Å². The third-order valence-electron chi connectivity index (χ3n) is 4.06. The first-order chi connectivity index (χ1) is 9.97. The van der Waals surface area contributed by atoms with E-state index in [4.69, 9.17) is 5.11 Å². The van der Waals surface area contributed by atoms with Crippen molar-refractivity contribution in [3.05, 3.63) is 34.9 Å². The standard InChI is InChI=1S/C16H22N2O3/c1-11-3-4-14(12(2)9-11)10-17-16(21)18-7-5-13(6-8-18)15(19)20/h3-4,9,13H,5-8,10H2,1-2H3,(H,17,21)(H,19,20). The van der Waals surface area contributed by atoms with Crippen LogP contribution in [0.15, 0.2) is 18.2 Å². The van der Waals surface area contributed by atoms with Crippen molar-refractivity contribution < 1.29 is 14.7 Å². The van der Waals surface area contributed by atoms with Crippen molar-refractivity contribution in [1.29, 1.82) is 0 Å². The quantitative estimate of drug-likeness (QED) is 0.897. The lowest BCUT2D eigenvalue weighted by molar-refractivity contribution is -0.143. The predicted molar refractivity (Wildman–Crippen MR) is 80.1 cm³/mol. The number of piperidine rings is 1. The second kappa shape index (κ2) is 6.61. The molecule has 2 N–H and O–H groups in total. The molecule has 0 aliphatic carbocycles. The molecule has 0 aromatic heterocycles. The van der Waals surface area contributed by atoms with Crippen LogP contribution in [0, 0.1) is 19.8 Å². The summed E-state index contributed by atoms with van der Waals surface area (Å²) in [4.78, 5) is 24.7. The number of nitrogens with one attached hydrogen (secondary N) is 1. The van der Waals surface area contributed by atoms with Crippen LogP contribution in [-0.2, 0) is 11.3 Å². The number of rotatable bonds is 3. The SMILES string of the molecule is Cc1ccc(CNC(=O)N2CCC(C(=O)O)CC2)c(C)c1. The molecule has 0 bridgehead atoms. The molecule has 1 aliphatic rings. The summed E-state index contributed by atoms with van der Waals surface area (Å²) in [5.41, 5.74) is 3.48. The molecule has 1 heterocycles. The molecular weight excluding hydrogens is 268 g/mol. The third-order valence-corrected chi connectivity index (χ3v) is 4.06. The summed E-state index contributed by atoms with van der Waals surface area (Å²) >= 11 is 0. The van der Waals surface area contributed by atoms with Gasteiger partial charge in [-0.05, 0) is 37.8 Å². The Morgan fingerprint density at radius 1 is 1.29 bits per heavy atom. The van der Waals surface area contributed by atoms with E-state index in [1.807, 2.05) is 26.0 Å². The molecular formula is C16H22N2O3. The van der Waals surface area contributed by atoms with Gasteiger partial charge in [0.2, 0.25) is 0 Å². The smallest absolute Gasteiger partial charge is 0.317 e. The molecule has 0 spiro atoms. The Balaban J connectivity index is 1.84. The number of carbonyl (C=O) groups excluding carboxylic acids is 1. The predicted octanol–water partition coefficient (Wildman–Crippen LogP) is 2.31. The van der Waals surface area contributed by atoms with E-state index >= 15 is 0 Å². The number of benzene rings is 1. The van der Waals surface area contributed by atoms with Gasteiger partial charge in [-0.15, -0.1) is 0 Å². The van der Waals surface area contributed by atoms with E-state index in [-0.39, 0.29) is 11.9 Å². The Hall–Kier alpha value is -2.04. The summed E-state index contributed by atoms with van der Waals surface area (Å²) in [6, 6.07) is 6.05. The number of amides is 2. The first-order valence-corrected chi connectivity index (χ1v) is 7.29.